The van der Waals surface area contributed by atoms with E-state index in [1.165, 1.54) is 13.2 Å². The summed E-state index contributed by atoms with van der Waals surface area (Å²) in [6.45, 7) is -1.31. The standard InChI is InChI=1S/C22H24N8O3/c1-23-22(32)19-15(8-18(27-28-19)26-21(31)12-6-7-12)25-14-4-3-5-17(20(14)33-2)30-11-13-9-24-10-16(13)29-30/h3-5,8,11-12,24H,6-7,9-10H2,1-2H3,(H,23,32)(H2,25,26,27,31)/i1D3. The van der Waals surface area contributed by atoms with E-state index in [0.29, 0.717) is 23.7 Å². The highest BCUT2D eigenvalue weighted by Crippen LogP contribution is 2.35. The summed E-state index contributed by atoms with van der Waals surface area (Å²) >= 11 is 0. The van der Waals surface area contributed by atoms with Crippen LogP contribution in [0.3, 0.4) is 0 Å². The molecule has 0 atom stereocenters. The van der Waals surface area contributed by atoms with Crippen LogP contribution in [0.15, 0.2) is 30.5 Å². The van der Waals surface area contributed by atoms with Gasteiger partial charge in [0.2, 0.25) is 5.91 Å². The molecule has 2 amide bonds. The Hall–Kier alpha value is -3.99. The molecule has 1 saturated carbocycles. The molecule has 4 N–H and O–H groups in total. The molecule has 1 fully saturated rings. The lowest BCUT2D eigenvalue weighted by molar-refractivity contribution is -0.117. The SMILES string of the molecule is [2H]C([2H])([2H])NC(=O)c1nnc(NC(=O)C2CC2)cc1Nc1cccc(-n2cc3c(n2)CNC3)c1OC. The molecule has 11 heteroatoms. The number of methoxy groups -OCH3 is 1. The lowest BCUT2D eigenvalue weighted by Gasteiger charge is -2.17. The smallest absolute Gasteiger partial charge is 0.273 e. The zero-order valence-electron chi connectivity index (χ0n) is 20.8. The van der Waals surface area contributed by atoms with Crippen molar-refractivity contribution >= 4 is 29.0 Å². The summed E-state index contributed by atoms with van der Waals surface area (Å²) in [5.74, 6) is -0.628. The van der Waals surface area contributed by atoms with Gasteiger partial charge in [-0.15, -0.1) is 10.2 Å². The van der Waals surface area contributed by atoms with E-state index in [-0.39, 0.29) is 29.0 Å². The van der Waals surface area contributed by atoms with Crippen molar-refractivity contribution in [1.29, 1.82) is 0 Å². The number of aromatic nitrogens is 4. The third kappa shape index (κ3) is 4.10. The van der Waals surface area contributed by atoms with E-state index in [1.807, 2.05) is 17.6 Å². The molecule has 2 aliphatic rings. The van der Waals surface area contributed by atoms with E-state index in [4.69, 9.17) is 8.85 Å². The van der Waals surface area contributed by atoms with Crippen LogP contribution in [0.1, 0.15) is 38.7 Å². The van der Waals surface area contributed by atoms with Gasteiger partial charge in [-0.1, -0.05) is 6.07 Å². The number of carbonyl (C=O) groups is 2. The molecule has 0 saturated heterocycles. The van der Waals surface area contributed by atoms with Crippen molar-refractivity contribution < 1.29 is 18.4 Å². The molecule has 5 rings (SSSR count). The molecular formula is C22H24N8O3. The van der Waals surface area contributed by atoms with Gasteiger partial charge in [-0.25, -0.2) is 4.68 Å². The third-order valence-electron chi connectivity index (χ3n) is 5.52. The number of para-hydroxylation sites is 1. The fourth-order valence-corrected chi connectivity index (χ4v) is 3.69. The number of rotatable bonds is 7. The molecule has 33 heavy (non-hydrogen) atoms. The number of nitrogens with one attached hydrogen (secondary N) is 4. The van der Waals surface area contributed by atoms with Crippen LogP contribution in [0.25, 0.3) is 5.69 Å². The number of amides is 2. The van der Waals surface area contributed by atoms with Crippen LogP contribution >= 0.6 is 0 Å². The topological polar surface area (TPSA) is 135 Å². The third-order valence-corrected chi connectivity index (χ3v) is 5.52. The monoisotopic (exact) mass is 451 g/mol. The van der Waals surface area contributed by atoms with Gasteiger partial charge in [0, 0.05) is 47.9 Å². The van der Waals surface area contributed by atoms with Crippen LogP contribution < -0.4 is 26.0 Å². The van der Waals surface area contributed by atoms with E-state index in [0.717, 1.165) is 30.6 Å². The van der Waals surface area contributed by atoms with Gasteiger partial charge < -0.3 is 26.0 Å². The minimum atomic E-state index is -2.72. The number of ether oxygens (including phenoxy) is 1. The molecule has 0 radical (unpaired) electrons. The Kier molecular flexibility index (Phi) is 4.52. The Morgan fingerprint density at radius 2 is 2.12 bits per heavy atom. The Balaban J connectivity index is 1.51. The maximum Gasteiger partial charge on any atom is 0.273 e. The highest BCUT2D eigenvalue weighted by Gasteiger charge is 2.30. The second-order valence-corrected chi connectivity index (χ2v) is 7.84. The largest absolute Gasteiger partial charge is 0.492 e. The van der Waals surface area contributed by atoms with Gasteiger partial charge in [0.15, 0.2) is 17.3 Å². The number of hydrogen-bond donors (Lipinski definition) is 4. The molecular weight excluding hydrogens is 424 g/mol. The Morgan fingerprint density at radius 1 is 1.24 bits per heavy atom. The van der Waals surface area contributed by atoms with Gasteiger partial charge >= 0.3 is 0 Å². The first-order chi connectivity index (χ1) is 17.2. The Labute approximate surface area is 194 Å². The van der Waals surface area contributed by atoms with Crippen LogP contribution in [-0.4, -0.2) is 45.9 Å². The minimum Gasteiger partial charge on any atom is -0.492 e. The molecule has 0 bridgehead atoms. The van der Waals surface area contributed by atoms with Gasteiger partial charge in [-0.2, -0.15) is 5.10 Å². The summed E-state index contributed by atoms with van der Waals surface area (Å²) < 4.78 is 29.5. The second kappa shape index (κ2) is 8.51. The van der Waals surface area contributed by atoms with Crippen LogP contribution in [0, 0.1) is 5.92 Å². The van der Waals surface area contributed by atoms with E-state index in [9.17, 15) is 9.59 Å². The summed E-state index contributed by atoms with van der Waals surface area (Å²) in [5, 5.41) is 23.4. The van der Waals surface area contributed by atoms with E-state index in [2.05, 4.69) is 31.2 Å². The van der Waals surface area contributed by atoms with E-state index < -0.39 is 12.9 Å². The number of anilines is 3. The summed E-state index contributed by atoms with van der Waals surface area (Å²) in [4.78, 5) is 24.9. The van der Waals surface area contributed by atoms with Crippen molar-refractivity contribution in [3.05, 3.63) is 47.4 Å². The van der Waals surface area contributed by atoms with Crippen LogP contribution in [0.4, 0.5) is 17.2 Å². The number of carbonyl (C=O) groups excluding carboxylic acids is 2. The number of hydrogen-bond acceptors (Lipinski definition) is 8. The van der Waals surface area contributed by atoms with Gasteiger partial charge in [0.05, 0.1) is 24.2 Å². The summed E-state index contributed by atoms with van der Waals surface area (Å²) in [7, 11) is 1.51. The lowest BCUT2D eigenvalue weighted by atomic mass is 10.2. The van der Waals surface area contributed by atoms with Gasteiger partial charge in [-0.3, -0.25) is 9.59 Å². The van der Waals surface area contributed by atoms with E-state index >= 15 is 0 Å². The molecule has 1 aliphatic carbocycles. The van der Waals surface area contributed by atoms with Crippen molar-refractivity contribution in [1.82, 2.24) is 30.6 Å². The van der Waals surface area contributed by atoms with Crippen LogP contribution in [0.5, 0.6) is 5.75 Å². The Morgan fingerprint density at radius 3 is 2.88 bits per heavy atom. The molecule has 170 valence electrons. The molecule has 0 spiro atoms. The molecule has 3 aromatic rings. The first kappa shape index (κ1) is 17.6. The van der Waals surface area contributed by atoms with E-state index in [1.54, 1.807) is 16.8 Å². The summed E-state index contributed by atoms with van der Waals surface area (Å²) in [6.07, 6.45) is 3.53. The fraction of sp³-hybridized carbons (Fsp3) is 0.318. The molecule has 0 unspecified atom stereocenters. The molecule has 1 aliphatic heterocycles. The van der Waals surface area contributed by atoms with Crippen LogP contribution in [0.2, 0.25) is 0 Å². The summed E-state index contributed by atoms with van der Waals surface area (Å²) in [6, 6.07) is 6.79. The van der Waals surface area contributed by atoms with Gasteiger partial charge in [0.1, 0.15) is 5.69 Å². The quantitative estimate of drug-likeness (QED) is 0.427. The number of benzene rings is 1. The number of nitrogens with zero attached hydrogens (tertiary/aromatic N) is 4. The van der Waals surface area contributed by atoms with Crippen LogP contribution in [-0.2, 0) is 17.9 Å². The molecule has 2 aromatic heterocycles. The average Bonchev–Trinajstić information content (AvgIpc) is 3.45. The maximum atomic E-state index is 12.7. The first-order valence-corrected chi connectivity index (χ1v) is 10.5. The fourth-order valence-electron chi connectivity index (χ4n) is 3.69. The Bertz CT molecular complexity index is 1320. The zero-order valence-corrected chi connectivity index (χ0v) is 17.8. The zero-order chi connectivity index (χ0) is 25.4. The number of fused-ring (bicyclic) bond motifs is 1. The van der Waals surface area contributed by atoms with Crippen molar-refractivity contribution in [3.63, 3.8) is 0 Å². The molecule has 1 aromatic carbocycles. The van der Waals surface area contributed by atoms with Gasteiger partial charge in [0.25, 0.3) is 5.91 Å². The highest BCUT2D eigenvalue weighted by molar-refractivity contribution is 6.00. The predicted octanol–water partition coefficient (Wildman–Crippen LogP) is 1.73. The molecule has 11 nitrogen and oxygen atoms in total. The molecule has 3 heterocycles. The highest BCUT2D eigenvalue weighted by atomic mass is 16.5. The second-order valence-electron chi connectivity index (χ2n) is 7.84. The van der Waals surface area contributed by atoms with Gasteiger partial charge in [-0.05, 0) is 25.0 Å². The maximum absolute atomic E-state index is 12.7. The van der Waals surface area contributed by atoms with Crippen molar-refractivity contribution in [2.75, 3.05) is 24.7 Å². The van der Waals surface area contributed by atoms with Crippen molar-refractivity contribution in [2.45, 2.75) is 25.9 Å². The lowest BCUT2D eigenvalue weighted by Crippen LogP contribution is -2.22. The van der Waals surface area contributed by atoms with Crippen molar-refractivity contribution in [2.24, 2.45) is 5.92 Å². The average molecular weight is 452 g/mol. The minimum absolute atomic E-state index is 0.0654. The normalized spacial score (nSPS) is 16.2. The predicted molar refractivity (Wildman–Crippen MR) is 121 cm³/mol. The van der Waals surface area contributed by atoms with Crippen molar-refractivity contribution in [3.8, 4) is 11.4 Å². The first-order valence-electron chi connectivity index (χ1n) is 12.0. The summed E-state index contributed by atoms with van der Waals surface area (Å²) in [5.41, 5.74) is 3.06.